The molecular formula is C12H13BrFN5O. The van der Waals surface area contributed by atoms with Crippen molar-refractivity contribution in [2.75, 3.05) is 5.32 Å². The standard InChI is InChI=1S/C12H13BrFN5O/c1-7-5-10(19(2)18-7)17-12(20)15-6-8-3-4-9(14)16-11(8)13/h3-5H,6H2,1-2H3,(H2,15,17,20). The van der Waals surface area contributed by atoms with Crippen LogP contribution in [0.5, 0.6) is 0 Å². The second-order valence-corrected chi connectivity index (χ2v) is 4.94. The van der Waals surface area contributed by atoms with Crippen LogP contribution in [0.15, 0.2) is 22.8 Å². The maximum absolute atomic E-state index is 12.8. The summed E-state index contributed by atoms with van der Waals surface area (Å²) in [6, 6.07) is 4.18. The fourth-order valence-electron chi connectivity index (χ4n) is 1.64. The number of halogens is 2. The van der Waals surface area contributed by atoms with E-state index >= 15 is 0 Å². The third-order valence-corrected chi connectivity index (χ3v) is 3.26. The van der Waals surface area contributed by atoms with E-state index in [2.05, 4.69) is 36.6 Å². The number of nitrogens with zero attached hydrogens (tertiary/aromatic N) is 3. The van der Waals surface area contributed by atoms with Crippen LogP contribution in [0, 0.1) is 12.9 Å². The number of pyridine rings is 1. The Morgan fingerprint density at radius 2 is 2.25 bits per heavy atom. The highest BCUT2D eigenvalue weighted by molar-refractivity contribution is 9.10. The number of rotatable bonds is 3. The lowest BCUT2D eigenvalue weighted by molar-refractivity contribution is 0.251. The Morgan fingerprint density at radius 3 is 2.85 bits per heavy atom. The number of carbonyl (C=O) groups is 1. The summed E-state index contributed by atoms with van der Waals surface area (Å²) in [4.78, 5) is 15.4. The predicted octanol–water partition coefficient (Wildman–Crippen LogP) is 2.35. The number of hydrogen-bond acceptors (Lipinski definition) is 3. The summed E-state index contributed by atoms with van der Waals surface area (Å²) in [6.07, 6.45) is 0. The molecule has 20 heavy (non-hydrogen) atoms. The van der Waals surface area contributed by atoms with Gasteiger partial charge in [0.05, 0.1) is 5.69 Å². The Balaban J connectivity index is 1.94. The van der Waals surface area contributed by atoms with Gasteiger partial charge in [-0.1, -0.05) is 6.07 Å². The number of hydrogen-bond donors (Lipinski definition) is 2. The lowest BCUT2D eigenvalue weighted by Gasteiger charge is -2.08. The zero-order valence-corrected chi connectivity index (χ0v) is 12.5. The van der Waals surface area contributed by atoms with Crippen molar-refractivity contribution in [3.05, 3.63) is 40.0 Å². The maximum Gasteiger partial charge on any atom is 0.320 e. The van der Waals surface area contributed by atoms with Crippen LogP contribution in [0.2, 0.25) is 0 Å². The highest BCUT2D eigenvalue weighted by Crippen LogP contribution is 2.14. The topological polar surface area (TPSA) is 71.8 Å². The molecule has 0 aliphatic rings. The number of amides is 2. The van der Waals surface area contributed by atoms with Crippen LogP contribution in [-0.4, -0.2) is 20.8 Å². The second kappa shape index (κ2) is 6.00. The van der Waals surface area contributed by atoms with Gasteiger partial charge in [0.25, 0.3) is 0 Å². The molecule has 0 fully saturated rings. The van der Waals surface area contributed by atoms with Gasteiger partial charge in [-0.15, -0.1) is 0 Å². The average Bonchev–Trinajstić information content (AvgIpc) is 2.66. The molecule has 0 aliphatic carbocycles. The molecule has 8 heteroatoms. The van der Waals surface area contributed by atoms with E-state index in [0.29, 0.717) is 16.0 Å². The van der Waals surface area contributed by atoms with E-state index in [4.69, 9.17) is 0 Å². The van der Waals surface area contributed by atoms with Crippen LogP contribution in [0.25, 0.3) is 0 Å². The molecule has 0 radical (unpaired) electrons. The molecule has 0 saturated heterocycles. The summed E-state index contributed by atoms with van der Waals surface area (Å²) in [7, 11) is 1.74. The number of aromatic nitrogens is 3. The van der Waals surface area contributed by atoms with Gasteiger partial charge in [0.1, 0.15) is 10.4 Å². The van der Waals surface area contributed by atoms with Crippen molar-refractivity contribution in [2.45, 2.75) is 13.5 Å². The molecule has 2 rings (SSSR count). The fraction of sp³-hybridized carbons (Fsp3) is 0.250. The van der Waals surface area contributed by atoms with E-state index in [1.807, 2.05) is 6.92 Å². The van der Waals surface area contributed by atoms with Gasteiger partial charge in [0, 0.05) is 25.2 Å². The van der Waals surface area contributed by atoms with Gasteiger partial charge in [-0.25, -0.2) is 9.78 Å². The first-order valence-electron chi connectivity index (χ1n) is 5.82. The van der Waals surface area contributed by atoms with Gasteiger partial charge in [-0.2, -0.15) is 9.49 Å². The molecule has 2 N–H and O–H groups in total. The van der Waals surface area contributed by atoms with Crippen molar-refractivity contribution in [2.24, 2.45) is 7.05 Å². The summed E-state index contributed by atoms with van der Waals surface area (Å²) in [5.74, 6) is 0.0201. The van der Waals surface area contributed by atoms with Crippen molar-refractivity contribution in [1.82, 2.24) is 20.1 Å². The molecule has 0 aliphatic heterocycles. The minimum Gasteiger partial charge on any atom is -0.334 e. The van der Waals surface area contributed by atoms with Crippen LogP contribution < -0.4 is 10.6 Å². The zero-order valence-electron chi connectivity index (χ0n) is 10.9. The Kier molecular flexibility index (Phi) is 4.33. The molecule has 0 bridgehead atoms. The van der Waals surface area contributed by atoms with Crippen molar-refractivity contribution < 1.29 is 9.18 Å². The second-order valence-electron chi connectivity index (χ2n) is 4.19. The first kappa shape index (κ1) is 14.4. The van der Waals surface area contributed by atoms with Crippen molar-refractivity contribution in [3.63, 3.8) is 0 Å². The molecule has 0 atom stereocenters. The molecule has 2 aromatic heterocycles. The highest BCUT2D eigenvalue weighted by atomic mass is 79.9. The van der Waals surface area contributed by atoms with Crippen LogP contribution in [0.4, 0.5) is 15.0 Å². The summed E-state index contributed by atoms with van der Waals surface area (Å²) >= 11 is 3.14. The summed E-state index contributed by atoms with van der Waals surface area (Å²) < 4.78 is 14.8. The first-order chi connectivity index (χ1) is 9.45. The molecule has 106 valence electrons. The predicted molar refractivity (Wildman–Crippen MR) is 75.7 cm³/mol. The summed E-state index contributed by atoms with van der Waals surface area (Å²) in [6.45, 7) is 2.07. The Hall–Kier alpha value is -1.96. The monoisotopic (exact) mass is 341 g/mol. The minimum atomic E-state index is -0.574. The number of anilines is 1. The van der Waals surface area contributed by atoms with E-state index in [1.165, 1.54) is 6.07 Å². The van der Waals surface area contributed by atoms with Gasteiger partial charge in [-0.3, -0.25) is 10.00 Å². The molecule has 0 spiro atoms. The summed E-state index contributed by atoms with van der Waals surface area (Å²) in [5.41, 5.74) is 1.50. The normalized spacial score (nSPS) is 10.4. The lowest BCUT2D eigenvalue weighted by atomic mass is 10.3. The molecule has 0 unspecified atom stereocenters. The van der Waals surface area contributed by atoms with Crippen LogP contribution >= 0.6 is 15.9 Å². The molecule has 2 heterocycles. The first-order valence-corrected chi connectivity index (χ1v) is 6.61. The van der Waals surface area contributed by atoms with Gasteiger partial charge in [-0.05, 0) is 28.9 Å². The quantitative estimate of drug-likeness (QED) is 0.841. The molecule has 2 aromatic rings. The number of carbonyl (C=O) groups excluding carboxylic acids is 1. The third-order valence-electron chi connectivity index (χ3n) is 2.57. The zero-order chi connectivity index (χ0) is 14.7. The number of urea groups is 1. The minimum absolute atomic E-state index is 0.233. The van der Waals surface area contributed by atoms with Crippen molar-refractivity contribution >= 4 is 27.8 Å². The molecule has 0 aromatic carbocycles. The third kappa shape index (κ3) is 3.53. The largest absolute Gasteiger partial charge is 0.334 e. The van der Waals surface area contributed by atoms with Crippen molar-refractivity contribution in [1.29, 1.82) is 0 Å². The van der Waals surface area contributed by atoms with Crippen molar-refractivity contribution in [3.8, 4) is 0 Å². The van der Waals surface area contributed by atoms with Gasteiger partial charge in [0.15, 0.2) is 0 Å². The molecule has 2 amide bonds. The van der Waals surface area contributed by atoms with E-state index in [0.717, 1.165) is 5.69 Å². The molecular weight excluding hydrogens is 329 g/mol. The van der Waals surface area contributed by atoms with Gasteiger partial charge < -0.3 is 5.32 Å². The van der Waals surface area contributed by atoms with E-state index < -0.39 is 5.95 Å². The van der Waals surface area contributed by atoms with Crippen LogP contribution in [0.3, 0.4) is 0 Å². The van der Waals surface area contributed by atoms with E-state index in [-0.39, 0.29) is 12.6 Å². The smallest absolute Gasteiger partial charge is 0.320 e. The molecule has 6 nitrogen and oxygen atoms in total. The van der Waals surface area contributed by atoms with Crippen LogP contribution in [-0.2, 0) is 13.6 Å². The number of aryl methyl sites for hydroxylation is 2. The lowest BCUT2D eigenvalue weighted by Crippen LogP contribution is -2.29. The Labute approximate surface area is 123 Å². The Morgan fingerprint density at radius 1 is 1.50 bits per heavy atom. The maximum atomic E-state index is 12.8. The molecule has 0 saturated carbocycles. The van der Waals surface area contributed by atoms with Gasteiger partial charge in [0.2, 0.25) is 5.95 Å². The summed E-state index contributed by atoms with van der Waals surface area (Å²) in [5, 5.41) is 9.45. The van der Waals surface area contributed by atoms with E-state index in [1.54, 1.807) is 23.9 Å². The van der Waals surface area contributed by atoms with E-state index in [9.17, 15) is 9.18 Å². The van der Waals surface area contributed by atoms with Crippen LogP contribution in [0.1, 0.15) is 11.3 Å². The number of nitrogens with one attached hydrogen (secondary N) is 2. The average molecular weight is 342 g/mol. The van der Waals surface area contributed by atoms with Gasteiger partial charge >= 0.3 is 6.03 Å². The highest BCUT2D eigenvalue weighted by Gasteiger charge is 2.08. The fourth-order valence-corrected chi connectivity index (χ4v) is 2.08. The Bertz CT molecular complexity index is 643. The SMILES string of the molecule is Cc1cc(NC(=O)NCc2ccc(F)nc2Br)n(C)n1.